The fourth-order valence-electron chi connectivity index (χ4n) is 4.42. The van der Waals surface area contributed by atoms with Gasteiger partial charge in [0.2, 0.25) is 0 Å². The van der Waals surface area contributed by atoms with Gasteiger partial charge < -0.3 is 5.11 Å². The third kappa shape index (κ3) is 4.67. The Morgan fingerprint density at radius 3 is 2.39 bits per heavy atom. The molecule has 5 aromatic rings. The second kappa shape index (κ2) is 9.95. The Morgan fingerprint density at radius 2 is 1.53 bits per heavy atom. The number of aromatic hydroxyl groups is 1. The molecule has 0 unspecified atom stereocenters. The molecule has 0 atom stereocenters. The average molecular weight is 516 g/mol. The number of nitrogens with zero attached hydrogens (tertiary/aromatic N) is 3. The molecular weight excluding hydrogens is 494 g/mol. The topological polar surface area (TPSA) is 82.3 Å². The van der Waals surface area contributed by atoms with E-state index in [2.05, 4.69) is 10.2 Å². The highest BCUT2D eigenvalue weighted by molar-refractivity contribution is 8.18. The van der Waals surface area contributed by atoms with E-state index >= 15 is 0 Å². The lowest BCUT2D eigenvalue weighted by molar-refractivity contribution is -0.123. The predicted octanol–water partition coefficient (Wildman–Crippen LogP) is 8.35. The number of imide groups is 1. The van der Waals surface area contributed by atoms with E-state index in [1.165, 1.54) is 17.0 Å². The van der Waals surface area contributed by atoms with Gasteiger partial charge in [0, 0.05) is 10.9 Å². The third-order valence-corrected chi connectivity index (χ3v) is 7.27. The first-order chi connectivity index (χ1) is 18.5. The van der Waals surface area contributed by atoms with Gasteiger partial charge in [-0.05, 0) is 69.9 Å². The molecule has 1 aliphatic rings. The Bertz CT molecular complexity index is 1790. The summed E-state index contributed by atoms with van der Waals surface area (Å²) in [7, 11) is 0. The van der Waals surface area contributed by atoms with Crippen LogP contribution in [0.2, 0.25) is 0 Å². The fraction of sp³-hybridized carbons (Fsp3) is 0.0323. The van der Waals surface area contributed by atoms with Crippen molar-refractivity contribution in [1.82, 2.24) is 4.90 Å². The number of hydrogen-bond donors (Lipinski definition) is 1. The standard InChI is InChI=1S/C31H21N3O3S/c35-28-15-14-25(32-33-27-11-5-9-22-7-3-4-10-26(22)27)17-24(28)18-29-30(36)34(31(37)38-29)19-20-12-13-21-6-1-2-8-23(21)16-20/h1-18,35H,19H2/b29-18-,33-32?. The molecule has 6 rings (SSSR count). The molecule has 2 amide bonds. The van der Waals surface area contributed by atoms with Crippen LogP contribution >= 0.6 is 11.8 Å². The zero-order valence-corrected chi connectivity index (χ0v) is 20.9. The highest BCUT2D eigenvalue weighted by atomic mass is 32.2. The van der Waals surface area contributed by atoms with Gasteiger partial charge in [-0.2, -0.15) is 5.11 Å². The smallest absolute Gasteiger partial charge is 0.293 e. The quantitative estimate of drug-likeness (QED) is 0.188. The van der Waals surface area contributed by atoms with Crippen LogP contribution in [0.3, 0.4) is 0 Å². The Balaban J connectivity index is 1.24. The number of amides is 2. The van der Waals surface area contributed by atoms with Crippen LogP contribution in [0.15, 0.2) is 118 Å². The first-order valence-corrected chi connectivity index (χ1v) is 12.8. The van der Waals surface area contributed by atoms with E-state index in [0.29, 0.717) is 11.3 Å². The van der Waals surface area contributed by atoms with Crippen LogP contribution in [0, 0.1) is 0 Å². The number of phenolic OH excluding ortho intramolecular Hbond substituents is 1. The van der Waals surface area contributed by atoms with Crippen molar-refractivity contribution in [2.75, 3.05) is 0 Å². The van der Waals surface area contributed by atoms with Crippen LogP contribution in [0.4, 0.5) is 16.2 Å². The molecule has 0 bridgehead atoms. The van der Waals surface area contributed by atoms with Crippen LogP contribution in [-0.4, -0.2) is 21.2 Å². The largest absolute Gasteiger partial charge is 0.507 e. The minimum atomic E-state index is -0.393. The monoisotopic (exact) mass is 515 g/mol. The number of benzene rings is 5. The maximum absolute atomic E-state index is 13.1. The maximum atomic E-state index is 13.1. The second-order valence-corrected chi connectivity index (χ2v) is 9.88. The molecule has 184 valence electrons. The third-order valence-electron chi connectivity index (χ3n) is 6.37. The molecule has 1 fully saturated rings. The van der Waals surface area contributed by atoms with Gasteiger partial charge in [0.1, 0.15) is 5.75 Å². The number of fused-ring (bicyclic) bond motifs is 2. The zero-order valence-electron chi connectivity index (χ0n) is 20.1. The minimum Gasteiger partial charge on any atom is -0.507 e. The van der Waals surface area contributed by atoms with E-state index in [0.717, 1.165) is 44.6 Å². The molecule has 1 N–H and O–H groups in total. The zero-order chi connectivity index (χ0) is 26.1. The summed E-state index contributed by atoms with van der Waals surface area (Å²) in [5.41, 5.74) is 2.49. The summed E-state index contributed by atoms with van der Waals surface area (Å²) in [6.45, 7) is 0.179. The van der Waals surface area contributed by atoms with E-state index in [4.69, 9.17) is 0 Å². The van der Waals surface area contributed by atoms with Gasteiger partial charge in [-0.15, -0.1) is 5.11 Å². The highest BCUT2D eigenvalue weighted by Crippen LogP contribution is 2.36. The summed E-state index contributed by atoms with van der Waals surface area (Å²) in [4.78, 5) is 27.3. The number of azo groups is 1. The van der Waals surface area contributed by atoms with Gasteiger partial charge in [0.05, 0.1) is 22.8 Å². The Kier molecular flexibility index (Phi) is 6.19. The van der Waals surface area contributed by atoms with E-state index < -0.39 is 5.91 Å². The Hall–Kier alpha value is -4.75. The van der Waals surface area contributed by atoms with Crippen molar-refractivity contribution < 1.29 is 14.7 Å². The predicted molar refractivity (Wildman–Crippen MR) is 152 cm³/mol. The molecule has 1 saturated heterocycles. The number of rotatable bonds is 5. The van der Waals surface area contributed by atoms with Gasteiger partial charge in [-0.1, -0.05) is 72.8 Å². The van der Waals surface area contributed by atoms with Crippen molar-refractivity contribution in [3.63, 3.8) is 0 Å². The fourth-order valence-corrected chi connectivity index (χ4v) is 5.25. The number of carbonyl (C=O) groups excluding carboxylic acids is 2. The van der Waals surface area contributed by atoms with Crippen LogP contribution in [-0.2, 0) is 11.3 Å². The molecule has 6 nitrogen and oxygen atoms in total. The van der Waals surface area contributed by atoms with Crippen LogP contribution in [0.1, 0.15) is 11.1 Å². The second-order valence-electron chi connectivity index (χ2n) is 8.89. The lowest BCUT2D eigenvalue weighted by Gasteiger charge is -2.13. The van der Waals surface area contributed by atoms with Crippen LogP contribution in [0.5, 0.6) is 5.75 Å². The molecule has 0 radical (unpaired) electrons. The summed E-state index contributed by atoms with van der Waals surface area (Å²) in [5, 5.41) is 23.0. The van der Waals surface area contributed by atoms with Gasteiger partial charge in [0.25, 0.3) is 11.1 Å². The van der Waals surface area contributed by atoms with E-state index in [1.807, 2.05) is 84.9 Å². The van der Waals surface area contributed by atoms with Gasteiger partial charge in [0.15, 0.2) is 0 Å². The normalized spacial score (nSPS) is 14.9. The van der Waals surface area contributed by atoms with Gasteiger partial charge in [-0.3, -0.25) is 14.5 Å². The number of phenols is 1. The number of carbonyl (C=O) groups is 2. The Labute approximate surface area is 222 Å². The molecule has 0 aromatic heterocycles. The molecule has 0 saturated carbocycles. The molecule has 1 heterocycles. The lowest BCUT2D eigenvalue weighted by Crippen LogP contribution is -2.27. The summed E-state index contributed by atoms with van der Waals surface area (Å²) in [6, 6.07) is 32.4. The average Bonchev–Trinajstić information content (AvgIpc) is 3.20. The molecule has 7 heteroatoms. The number of hydrogen-bond acceptors (Lipinski definition) is 6. The summed E-state index contributed by atoms with van der Waals surface area (Å²) >= 11 is 0.859. The molecule has 0 aliphatic carbocycles. The van der Waals surface area contributed by atoms with Gasteiger partial charge in [-0.25, -0.2) is 0 Å². The summed E-state index contributed by atoms with van der Waals surface area (Å²) < 4.78 is 0. The van der Waals surface area contributed by atoms with Crippen molar-refractivity contribution in [3.05, 3.63) is 119 Å². The molecular formula is C31H21N3O3S. The first kappa shape index (κ1) is 23.6. The molecule has 5 aromatic carbocycles. The van der Waals surface area contributed by atoms with Crippen molar-refractivity contribution >= 4 is 61.9 Å². The lowest BCUT2D eigenvalue weighted by atomic mass is 10.1. The van der Waals surface area contributed by atoms with Crippen LogP contribution in [0.25, 0.3) is 27.6 Å². The van der Waals surface area contributed by atoms with Crippen LogP contribution < -0.4 is 0 Å². The molecule has 38 heavy (non-hydrogen) atoms. The van der Waals surface area contributed by atoms with E-state index in [1.54, 1.807) is 12.1 Å². The molecule has 1 aliphatic heterocycles. The Morgan fingerprint density at radius 1 is 0.763 bits per heavy atom. The van der Waals surface area contributed by atoms with Crippen molar-refractivity contribution in [2.24, 2.45) is 10.2 Å². The van der Waals surface area contributed by atoms with Crippen molar-refractivity contribution in [3.8, 4) is 5.75 Å². The van der Waals surface area contributed by atoms with E-state index in [-0.39, 0.29) is 22.4 Å². The maximum Gasteiger partial charge on any atom is 0.293 e. The minimum absolute atomic E-state index is 0.0181. The summed E-state index contributed by atoms with van der Waals surface area (Å²) in [6.07, 6.45) is 1.53. The van der Waals surface area contributed by atoms with Crippen molar-refractivity contribution in [1.29, 1.82) is 0 Å². The summed E-state index contributed by atoms with van der Waals surface area (Å²) in [5.74, 6) is -0.411. The molecule has 0 spiro atoms. The first-order valence-electron chi connectivity index (χ1n) is 12.0. The number of thioether (sulfide) groups is 1. The van der Waals surface area contributed by atoms with E-state index in [9.17, 15) is 14.7 Å². The highest BCUT2D eigenvalue weighted by Gasteiger charge is 2.35. The SMILES string of the molecule is O=C1S/C(=C\c2cc(N=Nc3cccc4ccccc34)ccc2O)C(=O)N1Cc1ccc2ccccc2c1. The van der Waals surface area contributed by atoms with Gasteiger partial charge >= 0.3 is 0 Å². The van der Waals surface area contributed by atoms with Crippen molar-refractivity contribution in [2.45, 2.75) is 6.54 Å².